The summed E-state index contributed by atoms with van der Waals surface area (Å²) in [7, 11) is 1.79. The fourth-order valence-corrected chi connectivity index (χ4v) is 3.93. The third-order valence-corrected chi connectivity index (χ3v) is 5.53. The summed E-state index contributed by atoms with van der Waals surface area (Å²) in [6.07, 6.45) is 8.89. The topological polar surface area (TPSA) is 67.8 Å². The molecule has 2 heterocycles. The Morgan fingerprint density at radius 3 is 2.93 bits per heavy atom. The third kappa shape index (κ3) is 5.40. The molecule has 1 aromatic heterocycles. The van der Waals surface area contributed by atoms with Gasteiger partial charge in [-0.05, 0) is 60.9 Å². The first-order valence-corrected chi connectivity index (χ1v) is 10.6. The summed E-state index contributed by atoms with van der Waals surface area (Å²) in [5.74, 6) is 2.55. The molecule has 154 valence electrons. The van der Waals surface area contributed by atoms with E-state index in [1.807, 2.05) is 18.3 Å². The highest BCUT2D eigenvalue weighted by atomic mass is 16.5. The summed E-state index contributed by atoms with van der Waals surface area (Å²) in [6.45, 7) is 2.31. The number of pyridine rings is 1. The number of hydrogen-bond donors (Lipinski definition) is 2. The van der Waals surface area contributed by atoms with Crippen LogP contribution in [0.3, 0.4) is 0 Å². The standard InChI is InChI=1S/C23H30N4O2/c1-24-23(26-12-8-17-6-7-21-19(14-17)10-13-28-21)27-16-18-9-11-25-22(15-18)29-20-4-2-3-5-20/h6-7,9,11,14-15,20H,2-5,8,10,12-13,16H2,1H3,(H2,24,26,27). The van der Waals surface area contributed by atoms with Gasteiger partial charge < -0.3 is 20.1 Å². The van der Waals surface area contributed by atoms with Crippen molar-refractivity contribution < 1.29 is 9.47 Å². The molecule has 1 fully saturated rings. The second kappa shape index (κ2) is 9.63. The lowest BCUT2D eigenvalue weighted by molar-refractivity contribution is 0.201. The minimum atomic E-state index is 0.325. The summed E-state index contributed by atoms with van der Waals surface area (Å²) in [5.41, 5.74) is 3.77. The van der Waals surface area contributed by atoms with Crippen LogP contribution in [0.4, 0.5) is 0 Å². The lowest BCUT2D eigenvalue weighted by Gasteiger charge is -2.14. The van der Waals surface area contributed by atoms with Crippen molar-refractivity contribution in [3.8, 4) is 11.6 Å². The molecule has 0 amide bonds. The first-order chi connectivity index (χ1) is 14.3. The van der Waals surface area contributed by atoms with Crippen LogP contribution in [0.15, 0.2) is 41.5 Å². The summed E-state index contributed by atoms with van der Waals surface area (Å²) in [4.78, 5) is 8.68. The lowest BCUT2D eigenvalue weighted by Crippen LogP contribution is -2.37. The molecule has 0 spiro atoms. The fraction of sp³-hybridized carbons (Fsp3) is 0.478. The van der Waals surface area contributed by atoms with Gasteiger partial charge in [0.05, 0.1) is 6.61 Å². The molecule has 4 rings (SSSR count). The molecule has 2 aromatic rings. The number of rotatable bonds is 7. The van der Waals surface area contributed by atoms with Gasteiger partial charge in [0, 0.05) is 38.8 Å². The van der Waals surface area contributed by atoms with Gasteiger partial charge >= 0.3 is 0 Å². The number of aromatic nitrogens is 1. The monoisotopic (exact) mass is 394 g/mol. The molecule has 1 aliphatic heterocycles. The first-order valence-electron chi connectivity index (χ1n) is 10.6. The number of aliphatic imine (C=N–C) groups is 1. The van der Waals surface area contributed by atoms with Crippen LogP contribution in [-0.4, -0.2) is 37.2 Å². The molecule has 0 atom stereocenters. The van der Waals surface area contributed by atoms with E-state index < -0.39 is 0 Å². The predicted octanol–water partition coefficient (Wildman–Crippen LogP) is 3.25. The molecular formula is C23H30N4O2. The maximum absolute atomic E-state index is 6.00. The Morgan fingerprint density at radius 1 is 1.17 bits per heavy atom. The van der Waals surface area contributed by atoms with Crippen LogP contribution in [-0.2, 0) is 19.4 Å². The van der Waals surface area contributed by atoms with E-state index in [1.165, 1.54) is 24.0 Å². The van der Waals surface area contributed by atoms with Crippen molar-refractivity contribution in [2.45, 2.75) is 51.2 Å². The molecule has 29 heavy (non-hydrogen) atoms. The van der Waals surface area contributed by atoms with Crippen LogP contribution in [0.25, 0.3) is 0 Å². The summed E-state index contributed by atoms with van der Waals surface area (Å²) in [5, 5.41) is 6.76. The highest BCUT2D eigenvalue weighted by Gasteiger charge is 2.17. The van der Waals surface area contributed by atoms with E-state index in [0.29, 0.717) is 12.6 Å². The molecule has 1 aromatic carbocycles. The van der Waals surface area contributed by atoms with E-state index in [0.717, 1.165) is 62.0 Å². The fourth-order valence-electron chi connectivity index (χ4n) is 3.93. The Labute approximate surface area is 172 Å². The molecule has 6 heteroatoms. The average Bonchev–Trinajstić information content (AvgIpc) is 3.42. The largest absolute Gasteiger partial charge is 0.493 e. The van der Waals surface area contributed by atoms with Crippen molar-refractivity contribution >= 4 is 5.96 Å². The molecule has 2 N–H and O–H groups in total. The zero-order valence-electron chi connectivity index (χ0n) is 17.1. The van der Waals surface area contributed by atoms with Gasteiger partial charge in [-0.3, -0.25) is 4.99 Å². The Hall–Kier alpha value is -2.76. The number of guanidine groups is 1. The Kier molecular flexibility index (Phi) is 6.49. The maximum Gasteiger partial charge on any atom is 0.213 e. The Balaban J connectivity index is 1.23. The molecule has 0 unspecified atom stereocenters. The van der Waals surface area contributed by atoms with Crippen molar-refractivity contribution in [3.05, 3.63) is 53.2 Å². The number of ether oxygens (including phenoxy) is 2. The molecule has 0 bridgehead atoms. The van der Waals surface area contributed by atoms with Crippen LogP contribution >= 0.6 is 0 Å². The van der Waals surface area contributed by atoms with Gasteiger partial charge in [-0.2, -0.15) is 0 Å². The Morgan fingerprint density at radius 2 is 2.07 bits per heavy atom. The minimum Gasteiger partial charge on any atom is -0.493 e. The lowest BCUT2D eigenvalue weighted by atomic mass is 10.1. The molecule has 0 radical (unpaired) electrons. The van der Waals surface area contributed by atoms with Gasteiger partial charge in [0.1, 0.15) is 11.9 Å². The second-order valence-electron chi connectivity index (χ2n) is 7.67. The summed E-state index contributed by atoms with van der Waals surface area (Å²) >= 11 is 0. The van der Waals surface area contributed by atoms with Crippen molar-refractivity contribution in [2.24, 2.45) is 4.99 Å². The van der Waals surface area contributed by atoms with Crippen molar-refractivity contribution in [1.29, 1.82) is 0 Å². The van der Waals surface area contributed by atoms with E-state index in [4.69, 9.17) is 9.47 Å². The van der Waals surface area contributed by atoms with Crippen molar-refractivity contribution in [1.82, 2.24) is 15.6 Å². The maximum atomic E-state index is 6.00. The number of nitrogens with one attached hydrogen (secondary N) is 2. The summed E-state index contributed by atoms with van der Waals surface area (Å²) < 4.78 is 11.6. The van der Waals surface area contributed by atoms with E-state index in [2.05, 4.69) is 38.8 Å². The molecule has 6 nitrogen and oxygen atoms in total. The van der Waals surface area contributed by atoms with Crippen LogP contribution in [0.5, 0.6) is 11.6 Å². The van der Waals surface area contributed by atoms with Crippen molar-refractivity contribution in [2.75, 3.05) is 20.2 Å². The smallest absolute Gasteiger partial charge is 0.213 e. The van der Waals surface area contributed by atoms with Crippen LogP contribution < -0.4 is 20.1 Å². The van der Waals surface area contributed by atoms with Gasteiger partial charge in [-0.15, -0.1) is 0 Å². The first kappa shape index (κ1) is 19.6. The van der Waals surface area contributed by atoms with Crippen molar-refractivity contribution in [3.63, 3.8) is 0 Å². The predicted molar refractivity (Wildman–Crippen MR) is 115 cm³/mol. The quantitative estimate of drug-likeness (QED) is 0.557. The Bertz CT molecular complexity index is 847. The molecule has 1 saturated carbocycles. The number of nitrogens with zero attached hydrogens (tertiary/aromatic N) is 2. The molecule has 1 aliphatic carbocycles. The number of benzene rings is 1. The van der Waals surface area contributed by atoms with Gasteiger partial charge in [-0.1, -0.05) is 12.1 Å². The number of fused-ring (bicyclic) bond motifs is 1. The molecule has 2 aliphatic rings. The highest BCUT2D eigenvalue weighted by Crippen LogP contribution is 2.26. The number of hydrogen-bond acceptors (Lipinski definition) is 4. The zero-order valence-corrected chi connectivity index (χ0v) is 17.1. The van der Waals surface area contributed by atoms with Crippen LogP contribution in [0, 0.1) is 0 Å². The second-order valence-corrected chi connectivity index (χ2v) is 7.67. The van der Waals surface area contributed by atoms with Crippen LogP contribution in [0.1, 0.15) is 42.4 Å². The van der Waals surface area contributed by atoms with E-state index >= 15 is 0 Å². The SMILES string of the molecule is CN=C(NCCc1ccc2c(c1)CCO2)NCc1ccnc(OC2CCCC2)c1. The average molecular weight is 395 g/mol. The zero-order chi connectivity index (χ0) is 19.9. The van der Waals surface area contributed by atoms with E-state index in [9.17, 15) is 0 Å². The molecule has 0 saturated heterocycles. The van der Waals surface area contributed by atoms with Crippen LogP contribution in [0.2, 0.25) is 0 Å². The summed E-state index contributed by atoms with van der Waals surface area (Å²) in [6, 6.07) is 10.5. The van der Waals surface area contributed by atoms with Gasteiger partial charge in [0.15, 0.2) is 5.96 Å². The van der Waals surface area contributed by atoms with Gasteiger partial charge in [-0.25, -0.2) is 4.98 Å². The third-order valence-electron chi connectivity index (χ3n) is 5.53. The van der Waals surface area contributed by atoms with E-state index in [1.54, 1.807) is 7.05 Å². The van der Waals surface area contributed by atoms with Gasteiger partial charge in [0.2, 0.25) is 5.88 Å². The van der Waals surface area contributed by atoms with Gasteiger partial charge in [0.25, 0.3) is 0 Å². The normalized spacial score (nSPS) is 16.4. The van der Waals surface area contributed by atoms with E-state index in [-0.39, 0.29) is 0 Å². The highest BCUT2D eigenvalue weighted by molar-refractivity contribution is 5.79. The minimum absolute atomic E-state index is 0.325. The molecular weight excluding hydrogens is 364 g/mol.